The highest BCUT2D eigenvalue weighted by Gasteiger charge is 2.18. The third-order valence-electron chi connectivity index (χ3n) is 3.36. The summed E-state index contributed by atoms with van der Waals surface area (Å²) in [4.78, 5) is 24.3. The van der Waals surface area contributed by atoms with Crippen LogP contribution in [0.1, 0.15) is 33.1 Å². The number of carbonyl (C=O) groups is 2. The molecule has 19 heavy (non-hydrogen) atoms. The molecule has 1 saturated heterocycles. The first-order valence-electron chi connectivity index (χ1n) is 6.86. The lowest BCUT2D eigenvalue weighted by Gasteiger charge is -2.28. The highest BCUT2D eigenvalue weighted by molar-refractivity contribution is 5.74. The molecule has 2 N–H and O–H groups in total. The second-order valence-corrected chi connectivity index (χ2v) is 5.12. The van der Waals surface area contributed by atoms with Crippen molar-refractivity contribution in [3.05, 3.63) is 0 Å². The molecule has 2 amide bonds. The molecule has 0 aromatic heterocycles. The second-order valence-electron chi connectivity index (χ2n) is 5.12. The monoisotopic (exact) mass is 272 g/mol. The number of morpholine rings is 1. The van der Waals surface area contributed by atoms with Gasteiger partial charge < -0.3 is 20.1 Å². The molecule has 1 aliphatic heterocycles. The van der Waals surface area contributed by atoms with E-state index < -0.39 is 5.97 Å². The van der Waals surface area contributed by atoms with Crippen LogP contribution in [0.2, 0.25) is 0 Å². The number of carbonyl (C=O) groups excluding carboxylic acids is 1. The molecule has 1 rings (SSSR count). The quantitative estimate of drug-likeness (QED) is 0.764. The summed E-state index contributed by atoms with van der Waals surface area (Å²) in [7, 11) is 0. The van der Waals surface area contributed by atoms with Crippen LogP contribution in [0.25, 0.3) is 0 Å². The van der Waals surface area contributed by atoms with Crippen LogP contribution >= 0.6 is 0 Å². The third kappa shape index (κ3) is 5.92. The normalized spacial score (nSPS) is 18.7. The topological polar surface area (TPSA) is 78.9 Å². The summed E-state index contributed by atoms with van der Waals surface area (Å²) in [6.45, 7) is 6.11. The van der Waals surface area contributed by atoms with Gasteiger partial charge in [0.15, 0.2) is 0 Å². The molecule has 6 nitrogen and oxygen atoms in total. The molecular weight excluding hydrogens is 248 g/mol. The van der Waals surface area contributed by atoms with Crippen LogP contribution in [0.4, 0.5) is 4.79 Å². The lowest BCUT2D eigenvalue weighted by Crippen LogP contribution is -2.48. The summed E-state index contributed by atoms with van der Waals surface area (Å²) in [6, 6.07) is 0.0124. The number of amides is 2. The van der Waals surface area contributed by atoms with Gasteiger partial charge >= 0.3 is 12.0 Å². The number of nitrogens with zero attached hydrogens (tertiary/aromatic N) is 1. The Morgan fingerprint density at radius 2 is 1.89 bits per heavy atom. The molecule has 1 aliphatic rings. The number of carboxylic acid groups (broad SMARTS) is 1. The molecule has 110 valence electrons. The minimum atomic E-state index is -0.759. The summed E-state index contributed by atoms with van der Waals surface area (Å²) in [5, 5.41) is 11.7. The zero-order valence-corrected chi connectivity index (χ0v) is 11.7. The van der Waals surface area contributed by atoms with Crippen LogP contribution in [-0.4, -0.2) is 54.4 Å². The summed E-state index contributed by atoms with van der Waals surface area (Å²) >= 11 is 0. The molecule has 0 aromatic rings. The first kappa shape index (κ1) is 15.8. The maximum atomic E-state index is 11.9. The first-order chi connectivity index (χ1) is 9.00. The number of aliphatic carboxylic acids is 1. The average molecular weight is 272 g/mol. The summed E-state index contributed by atoms with van der Waals surface area (Å²) < 4.78 is 5.19. The van der Waals surface area contributed by atoms with Crippen molar-refractivity contribution in [2.24, 2.45) is 5.92 Å². The summed E-state index contributed by atoms with van der Waals surface area (Å²) in [6.07, 6.45) is 2.25. The van der Waals surface area contributed by atoms with E-state index in [0.29, 0.717) is 32.7 Å². The Bertz CT molecular complexity index is 303. The Kier molecular flexibility index (Phi) is 6.62. The fraction of sp³-hybridized carbons (Fsp3) is 0.846. The maximum absolute atomic E-state index is 11.9. The van der Waals surface area contributed by atoms with Crippen molar-refractivity contribution in [1.82, 2.24) is 10.2 Å². The molecular formula is C13H24N2O4. The minimum Gasteiger partial charge on any atom is -0.481 e. The highest BCUT2D eigenvalue weighted by Crippen LogP contribution is 2.10. The number of hydrogen-bond donors (Lipinski definition) is 2. The van der Waals surface area contributed by atoms with Crippen molar-refractivity contribution in [3.8, 4) is 0 Å². The fourth-order valence-electron chi connectivity index (χ4n) is 1.99. The molecule has 1 heterocycles. The Hall–Kier alpha value is -1.30. The van der Waals surface area contributed by atoms with Gasteiger partial charge in [-0.3, -0.25) is 4.79 Å². The van der Waals surface area contributed by atoms with E-state index in [0.717, 1.165) is 12.8 Å². The first-order valence-corrected chi connectivity index (χ1v) is 6.86. The van der Waals surface area contributed by atoms with E-state index >= 15 is 0 Å². The van der Waals surface area contributed by atoms with Gasteiger partial charge in [-0.05, 0) is 19.8 Å². The Balaban J connectivity index is 2.17. The van der Waals surface area contributed by atoms with Gasteiger partial charge in [-0.25, -0.2) is 4.79 Å². The molecule has 0 radical (unpaired) electrons. The number of carboxylic acids is 1. The third-order valence-corrected chi connectivity index (χ3v) is 3.36. The summed E-state index contributed by atoms with van der Waals surface area (Å²) in [5.74, 6) is -1.08. The Labute approximate surface area is 114 Å². The van der Waals surface area contributed by atoms with Crippen LogP contribution in [0.15, 0.2) is 0 Å². The Morgan fingerprint density at radius 1 is 1.26 bits per heavy atom. The number of hydrogen-bond acceptors (Lipinski definition) is 3. The smallest absolute Gasteiger partial charge is 0.317 e. The Morgan fingerprint density at radius 3 is 2.47 bits per heavy atom. The van der Waals surface area contributed by atoms with Crippen LogP contribution in [0.5, 0.6) is 0 Å². The highest BCUT2D eigenvalue weighted by atomic mass is 16.5. The van der Waals surface area contributed by atoms with E-state index in [-0.39, 0.29) is 18.0 Å². The predicted octanol–water partition coefficient (Wildman–Crippen LogP) is 1.31. The fourth-order valence-corrected chi connectivity index (χ4v) is 1.99. The van der Waals surface area contributed by atoms with Crippen LogP contribution in [0.3, 0.4) is 0 Å². The van der Waals surface area contributed by atoms with E-state index in [1.807, 2.05) is 6.92 Å². The van der Waals surface area contributed by atoms with Crippen molar-refractivity contribution in [2.45, 2.75) is 39.2 Å². The zero-order chi connectivity index (χ0) is 14.3. The largest absolute Gasteiger partial charge is 0.481 e. The van der Waals surface area contributed by atoms with Gasteiger partial charge in [0.25, 0.3) is 0 Å². The number of rotatable bonds is 6. The second kappa shape index (κ2) is 7.99. The molecule has 0 bridgehead atoms. The van der Waals surface area contributed by atoms with Gasteiger partial charge in [-0.15, -0.1) is 0 Å². The molecule has 0 aromatic carbocycles. The number of ether oxygens (including phenoxy) is 1. The van der Waals surface area contributed by atoms with E-state index in [1.165, 1.54) is 0 Å². The van der Waals surface area contributed by atoms with Crippen molar-refractivity contribution < 1.29 is 19.4 Å². The standard InChI is InChI=1S/C13H24N2O4/c1-10(12(16)17)4-3-5-11(2)14-13(18)15-6-8-19-9-7-15/h10-11H,3-9H2,1-2H3,(H,14,18)(H,16,17). The molecule has 2 atom stereocenters. The SMILES string of the molecule is CC(CCCC(C)C(=O)O)NC(=O)N1CCOCC1. The zero-order valence-electron chi connectivity index (χ0n) is 11.7. The summed E-state index contributed by atoms with van der Waals surface area (Å²) in [5.41, 5.74) is 0. The van der Waals surface area contributed by atoms with E-state index in [9.17, 15) is 9.59 Å². The number of urea groups is 1. The molecule has 0 spiro atoms. The lowest BCUT2D eigenvalue weighted by molar-refractivity contribution is -0.141. The van der Waals surface area contributed by atoms with Crippen LogP contribution < -0.4 is 5.32 Å². The lowest BCUT2D eigenvalue weighted by atomic mass is 10.0. The van der Waals surface area contributed by atoms with Gasteiger partial charge in [0, 0.05) is 19.1 Å². The van der Waals surface area contributed by atoms with Crippen molar-refractivity contribution >= 4 is 12.0 Å². The molecule has 2 unspecified atom stereocenters. The number of nitrogens with one attached hydrogen (secondary N) is 1. The predicted molar refractivity (Wildman–Crippen MR) is 71.0 cm³/mol. The van der Waals surface area contributed by atoms with Crippen LogP contribution in [0, 0.1) is 5.92 Å². The average Bonchev–Trinajstić information content (AvgIpc) is 2.39. The van der Waals surface area contributed by atoms with Gasteiger partial charge in [-0.1, -0.05) is 13.3 Å². The van der Waals surface area contributed by atoms with Crippen molar-refractivity contribution in [1.29, 1.82) is 0 Å². The van der Waals surface area contributed by atoms with E-state index in [2.05, 4.69) is 5.32 Å². The molecule has 1 fully saturated rings. The van der Waals surface area contributed by atoms with Crippen LogP contribution in [-0.2, 0) is 9.53 Å². The molecule has 6 heteroatoms. The van der Waals surface area contributed by atoms with Crippen molar-refractivity contribution in [2.75, 3.05) is 26.3 Å². The molecule has 0 saturated carbocycles. The van der Waals surface area contributed by atoms with Gasteiger partial charge in [0.2, 0.25) is 0 Å². The van der Waals surface area contributed by atoms with E-state index in [4.69, 9.17) is 9.84 Å². The molecule has 0 aliphatic carbocycles. The van der Waals surface area contributed by atoms with Gasteiger partial charge in [0.05, 0.1) is 19.1 Å². The van der Waals surface area contributed by atoms with Gasteiger partial charge in [0.1, 0.15) is 0 Å². The van der Waals surface area contributed by atoms with E-state index in [1.54, 1.807) is 11.8 Å². The van der Waals surface area contributed by atoms with Gasteiger partial charge in [-0.2, -0.15) is 0 Å². The maximum Gasteiger partial charge on any atom is 0.317 e. The van der Waals surface area contributed by atoms with Crippen molar-refractivity contribution in [3.63, 3.8) is 0 Å². The minimum absolute atomic E-state index is 0.0536.